The second-order valence-electron chi connectivity index (χ2n) is 4.03. The molecule has 0 saturated heterocycles. The first-order valence-corrected chi connectivity index (χ1v) is 5.95. The number of ether oxygens (including phenoxy) is 2. The number of methoxy groups -OCH3 is 1. The Hall–Kier alpha value is -2.03. The summed E-state index contributed by atoms with van der Waals surface area (Å²) in [5, 5.41) is 2.20. The Balaban J connectivity index is 2.29. The average Bonchev–Trinajstić information content (AvgIpc) is 2.39. The molecule has 0 aliphatic heterocycles. The van der Waals surface area contributed by atoms with Crippen LogP contribution in [0.25, 0.3) is 10.8 Å². The zero-order valence-electron chi connectivity index (χ0n) is 10.6. The third-order valence-electron chi connectivity index (χ3n) is 2.76. The minimum Gasteiger partial charge on any atom is -0.494 e. The van der Waals surface area contributed by atoms with Crippen LogP contribution in [0.4, 0.5) is 0 Å². The van der Waals surface area contributed by atoms with E-state index < -0.39 is 0 Å². The monoisotopic (exact) mass is 244 g/mol. The minimum absolute atomic E-state index is 0.222. The summed E-state index contributed by atoms with van der Waals surface area (Å²) in [4.78, 5) is 11.2. The summed E-state index contributed by atoms with van der Waals surface area (Å²) >= 11 is 0. The Morgan fingerprint density at radius 2 is 1.83 bits per heavy atom. The number of esters is 1. The fraction of sp³-hybridized carbons (Fsp3) is 0.267. The Kier molecular flexibility index (Phi) is 3.82. The molecule has 0 radical (unpaired) electrons. The molecule has 0 atom stereocenters. The fourth-order valence-electron chi connectivity index (χ4n) is 1.88. The standard InChI is InChI=1S/C15H16O3/c1-3-18-14-7-6-12-8-11(9-15(16)17-2)4-5-13(12)10-14/h4-8,10H,3,9H2,1-2H3. The van der Waals surface area contributed by atoms with Crippen LogP contribution in [0.5, 0.6) is 5.75 Å². The summed E-state index contributed by atoms with van der Waals surface area (Å²) < 4.78 is 10.1. The van der Waals surface area contributed by atoms with E-state index in [0.29, 0.717) is 13.0 Å². The summed E-state index contributed by atoms with van der Waals surface area (Å²) in [5.74, 6) is 0.644. The van der Waals surface area contributed by atoms with Gasteiger partial charge in [-0.1, -0.05) is 24.3 Å². The molecule has 2 aromatic carbocycles. The molecule has 0 heterocycles. The van der Waals surface area contributed by atoms with Crippen LogP contribution in [0.1, 0.15) is 12.5 Å². The SMILES string of the molecule is CCOc1ccc2cc(CC(=O)OC)ccc2c1. The lowest BCUT2D eigenvalue weighted by atomic mass is 10.0. The van der Waals surface area contributed by atoms with Gasteiger partial charge in [0, 0.05) is 0 Å². The first kappa shape index (κ1) is 12.4. The quantitative estimate of drug-likeness (QED) is 0.776. The summed E-state index contributed by atoms with van der Waals surface area (Å²) in [6.07, 6.45) is 0.305. The maximum Gasteiger partial charge on any atom is 0.309 e. The van der Waals surface area contributed by atoms with Gasteiger partial charge in [-0.15, -0.1) is 0 Å². The lowest BCUT2D eigenvalue weighted by Crippen LogP contribution is -2.04. The summed E-state index contributed by atoms with van der Waals surface area (Å²) in [7, 11) is 1.40. The van der Waals surface area contributed by atoms with Crippen LogP contribution in [-0.2, 0) is 16.0 Å². The molecular weight excluding hydrogens is 228 g/mol. The van der Waals surface area contributed by atoms with Gasteiger partial charge in [0.1, 0.15) is 5.75 Å². The van der Waals surface area contributed by atoms with Gasteiger partial charge >= 0.3 is 5.97 Å². The normalized spacial score (nSPS) is 10.3. The molecule has 0 aliphatic rings. The van der Waals surface area contributed by atoms with Crippen LogP contribution >= 0.6 is 0 Å². The van der Waals surface area contributed by atoms with E-state index in [1.807, 2.05) is 43.3 Å². The van der Waals surface area contributed by atoms with Crippen molar-refractivity contribution < 1.29 is 14.3 Å². The van der Waals surface area contributed by atoms with Crippen molar-refractivity contribution >= 4 is 16.7 Å². The first-order valence-electron chi connectivity index (χ1n) is 5.95. The number of rotatable bonds is 4. The molecule has 2 rings (SSSR count). The second kappa shape index (κ2) is 5.54. The molecule has 0 aromatic heterocycles. The van der Waals surface area contributed by atoms with Gasteiger partial charge < -0.3 is 9.47 Å². The smallest absolute Gasteiger partial charge is 0.309 e. The van der Waals surface area contributed by atoms with E-state index in [1.54, 1.807) is 0 Å². The molecule has 0 N–H and O–H groups in total. The zero-order valence-corrected chi connectivity index (χ0v) is 10.6. The van der Waals surface area contributed by atoms with E-state index in [0.717, 1.165) is 22.1 Å². The third-order valence-corrected chi connectivity index (χ3v) is 2.76. The van der Waals surface area contributed by atoms with Crippen molar-refractivity contribution in [2.45, 2.75) is 13.3 Å². The molecule has 0 amide bonds. The largest absolute Gasteiger partial charge is 0.494 e. The lowest BCUT2D eigenvalue weighted by molar-refractivity contribution is -0.139. The number of fused-ring (bicyclic) bond motifs is 1. The predicted octanol–water partition coefficient (Wildman–Crippen LogP) is 2.95. The molecule has 18 heavy (non-hydrogen) atoms. The number of hydrogen-bond acceptors (Lipinski definition) is 3. The van der Waals surface area contributed by atoms with Crippen molar-refractivity contribution in [3.8, 4) is 5.75 Å². The van der Waals surface area contributed by atoms with Crippen LogP contribution in [0.3, 0.4) is 0 Å². The summed E-state index contributed by atoms with van der Waals surface area (Å²) in [5.41, 5.74) is 0.957. The van der Waals surface area contributed by atoms with Crippen molar-refractivity contribution in [1.29, 1.82) is 0 Å². The molecule has 0 bridgehead atoms. The fourth-order valence-corrected chi connectivity index (χ4v) is 1.88. The molecule has 3 nitrogen and oxygen atoms in total. The van der Waals surface area contributed by atoms with Gasteiger partial charge in [0.05, 0.1) is 20.1 Å². The van der Waals surface area contributed by atoms with Crippen molar-refractivity contribution in [3.05, 3.63) is 42.0 Å². The van der Waals surface area contributed by atoms with Crippen molar-refractivity contribution in [3.63, 3.8) is 0 Å². The van der Waals surface area contributed by atoms with Gasteiger partial charge in [0.15, 0.2) is 0 Å². The molecule has 0 aliphatic carbocycles. The molecule has 0 unspecified atom stereocenters. The van der Waals surface area contributed by atoms with Gasteiger partial charge in [-0.05, 0) is 35.4 Å². The molecular formula is C15H16O3. The average molecular weight is 244 g/mol. The highest BCUT2D eigenvalue weighted by atomic mass is 16.5. The number of carbonyl (C=O) groups is 1. The molecule has 0 saturated carbocycles. The van der Waals surface area contributed by atoms with E-state index >= 15 is 0 Å². The van der Waals surface area contributed by atoms with E-state index in [4.69, 9.17) is 4.74 Å². The number of benzene rings is 2. The highest BCUT2D eigenvalue weighted by Crippen LogP contribution is 2.22. The van der Waals surface area contributed by atoms with Gasteiger partial charge in [-0.2, -0.15) is 0 Å². The maximum absolute atomic E-state index is 11.2. The first-order chi connectivity index (χ1) is 8.72. The van der Waals surface area contributed by atoms with Gasteiger partial charge in [-0.25, -0.2) is 0 Å². The van der Waals surface area contributed by atoms with Crippen LogP contribution in [-0.4, -0.2) is 19.7 Å². The summed E-state index contributed by atoms with van der Waals surface area (Å²) in [6.45, 7) is 2.62. The lowest BCUT2D eigenvalue weighted by Gasteiger charge is -2.06. The Labute approximate surface area is 106 Å². The predicted molar refractivity (Wildman–Crippen MR) is 70.8 cm³/mol. The topological polar surface area (TPSA) is 35.5 Å². The van der Waals surface area contributed by atoms with E-state index in [-0.39, 0.29) is 5.97 Å². The highest BCUT2D eigenvalue weighted by Gasteiger charge is 2.04. The van der Waals surface area contributed by atoms with Crippen molar-refractivity contribution in [1.82, 2.24) is 0 Å². The summed E-state index contributed by atoms with van der Waals surface area (Å²) in [6, 6.07) is 11.9. The number of hydrogen-bond donors (Lipinski definition) is 0. The molecule has 2 aromatic rings. The maximum atomic E-state index is 11.2. The Morgan fingerprint density at radius 1 is 1.11 bits per heavy atom. The zero-order chi connectivity index (χ0) is 13.0. The Bertz CT molecular complexity index is 561. The second-order valence-corrected chi connectivity index (χ2v) is 4.03. The van der Waals surface area contributed by atoms with Crippen LogP contribution in [0.15, 0.2) is 36.4 Å². The molecule has 0 fully saturated rings. The van der Waals surface area contributed by atoms with Gasteiger partial charge in [0.25, 0.3) is 0 Å². The van der Waals surface area contributed by atoms with E-state index in [9.17, 15) is 4.79 Å². The van der Waals surface area contributed by atoms with Gasteiger partial charge in [-0.3, -0.25) is 4.79 Å². The Morgan fingerprint density at radius 3 is 2.56 bits per heavy atom. The van der Waals surface area contributed by atoms with E-state index in [2.05, 4.69) is 4.74 Å². The van der Waals surface area contributed by atoms with Gasteiger partial charge in [0.2, 0.25) is 0 Å². The number of carbonyl (C=O) groups excluding carboxylic acids is 1. The van der Waals surface area contributed by atoms with Crippen LogP contribution < -0.4 is 4.74 Å². The van der Waals surface area contributed by atoms with Crippen molar-refractivity contribution in [2.24, 2.45) is 0 Å². The molecule has 3 heteroatoms. The highest BCUT2D eigenvalue weighted by molar-refractivity contribution is 5.85. The van der Waals surface area contributed by atoms with Crippen LogP contribution in [0, 0.1) is 0 Å². The van der Waals surface area contributed by atoms with E-state index in [1.165, 1.54) is 7.11 Å². The van der Waals surface area contributed by atoms with Crippen LogP contribution in [0.2, 0.25) is 0 Å². The minimum atomic E-state index is -0.222. The molecule has 94 valence electrons. The third kappa shape index (κ3) is 2.80. The molecule has 0 spiro atoms. The van der Waals surface area contributed by atoms with Crippen molar-refractivity contribution in [2.75, 3.05) is 13.7 Å².